The van der Waals surface area contributed by atoms with Crippen molar-refractivity contribution in [2.45, 2.75) is 53.6 Å². The SMILES string of the molecule is CCNC(=NCc1nccn1CC(C)C)NCCCc1ccc(OC)c(OCC)c1.I. The molecular formula is C23H38IN5O2. The van der Waals surface area contributed by atoms with Crippen LogP contribution >= 0.6 is 24.0 Å². The van der Waals surface area contributed by atoms with Crippen LogP contribution in [0.3, 0.4) is 0 Å². The van der Waals surface area contributed by atoms with Crippen molar-refractivity contribution >= 4 is 29.9 Å². The van der Waals surface area contributed by atoms with Crippen LogP contribution in [0.2, 0.25) is 0 Å². The van der Waals surface area contributed by atoms with E-state index in [0.29, 0.717) is 19.1 Å². The van der Waals surface area contributed by atoms with Crippen molar-refractivity contribution in [3.05, 3.63) is 42.0 Å². The van der Waals surface area contributed by atoms with Crippen molar-refractivity contribution < 1.29 is 9.47 Å². The topological polar surface area (TPSA) is 72.7 Å². The number of nitrogens with zero attached hydrogens (tertiary/aromatic N) is 3. The van der Waals surface area contributed by atoms with Gasteiger partial charge in [-0.3, -0.25) is 0 Å². The Bertz CT molecular complexity index is 792. The molecule has 2 rings (SSSR count). The lowest BCUT2D eigenvalue weighted by Crippen LogP contribution is -2.38. The van der Waals surface area contributed by atoms with Gasteiger partial charge in [0.05, 0.1) is 13.7 Å². The summed E-state index contributed by atoms with van der Waals surface area (Å²) >= 11 is 0. The maximum Gasteiger partial charge on any atom is 0.191 e. The van der Waals surface area contributed by atoms with Gasteiger partial charge >= 0.3 is 0 Å². The minimum atomic E-state index is 0. The molecule has 0 aliphatic heterocycles. The van der Waals surface area contributed by atoms with Crippen LogP contribution in [0.1, 0.15) is 45.5 Å². The first kappa shape index (κ1) is 27.1. The zero-order valence-electron chi connectivity index (χ0n) is 19.5. The first-order valence-corrected chi connectivity index (χ1v) is 10.9. The van der Waals surface area contributed by atoms with Crippen molar-refractivity contribution in [1.29, 1.82) is 0 Å². The highest BCUT2D eigenvalue weighted by Gasteiger charge is 2.07. The Morgan fingerprint density at radius 2 is 2.00 bits per heavy atom. The molecule has 174 valence electrons. The number of hydrogen-bond donors (Lipinski definition) is 2. The number of aryl methyl sites for hydroxylation is 1. The number of rotatable bonds is 12. The Morgan fingerprint density at radius 3 is 2.68 bits per heavy atom. The Hall–Kier alpha value is -1.97. The normalized spacial score (nSPS) is 11.2. The van der Waals surface area contributed by atoms with Crippen LogP contribution < -0.4 is 20.1 Å². The molecule has 0 fully saturated rings. The van der Waals surface area contributed by atoms with Gasteiger partial charge in [0, 0.05) is 32.0 Å². The molecule has 0 aliphatic rings. The van der Waals surface area contributed by atoms with Gasteiger partial charge in [0.15, 0.2) is 17.5 Å². The summed E-state index contributed by atoms with van der Waals surface area (Å²) in [6.07, 6.45) is 5.81. The van der Waals surface area contributed by atoms with Gasteiger partial charge in [0.1, 0.15) is 12.4 Å². The number of halogens is 1. The fraction of sp³-hybridized carbons (Fsp3) is 0.565. The lowest BCUT2D eigenvalue weighted by Gasteiger charge is -2.13. The molecule has 0 saturated carbocycles. The maximum atomic E-state index is 5.67. The number of benzene rings is 1. The second kappa shape index (κ2) is 14.9. The Morgan fingerprint density at radius 1 is 1.19 bits per heavy atom. The van der Waals surface area contributed by atoms with Crippen LogP contribution in [-0.2, 0) is 19.5 Å². The quantitative estimate of drug-likeness (QED) is 0.181. The molecule has 0 atom stereocenters. The predicted octanol–water partition coefficient (Wildman–Crippen LogP) is 4.25. The van der Waals surface area contributed by atoms with E-state index in [9.17, 15) is 0 Å². The fourth-order valence-electron chi connectivity index (χ4n) is 3.19. The number of aliphatic imine (C=N–C) groups is 1. The van der Waals surface area contributed by atoms with E-state index in [0.717, 1.165) is 55.8 Å². The summed E-state index contributed by atoms with van der Waals surface area (Å²) in [5.41, 5.74) is 1.23. The number of methoxy groups -OCH3 is 1. The third-order valence-corrected chi connectivity index (χ3v) is 4.55. The second-order valence-electron chi connectivity index (χ2n) is 7.53. The van der Waals surface area contributed by atoms with Gasteiger partial charge in [-0.25, -0.2) is 9.98 Å². The summed E-state index contributed by atoms with van der Waals surface area (Å²) in [7, 11) is 1.66. The molecular weight excluding hydrogens is 505 g/mol. The molecule has 2 aromatic rings. The van der Waals surface area contributed by atoms with E-state index in [4.69, 9.17) is 14.5 Å². The average Bonchev–Trinajstić information content (AvgIpc) is 3.16. The molecule has 8 heteroatoms. The van der Waals surface area contributed by atoms with Crippen LogP contribution in [0.5, 0.6) is 11.5 Å². The summed E-state index contributed by atoms with van der Waals surface area (Å²) in [5.74, 6) is 3.96. The number of aromatic nitrogens is 2. The second-order valence-corrected chi connectivity index (χ2v) is 7.53. The molecule has 1 aromatic carbocycles. The van der Waals surface area contributed by atoms with Crippen LogP contribution in [0.4, 0.5) is 0 Å². The van der Waals surface area contributed by atoms with Gasteiger partial charge < -0.3 is 24.7 Å². The van der Waals surface area contributed by atoms with Crippen molar-refractivity contribution in [3.8, 4) is 11.5 Å². The minimum absolute atomic E-state index is 0. The van der Waals surface area contributed by atoms with E-state index in [1.807, 2.05) is 25.4 Å². The molecule has 31 heavy (non-hydrogen) atoms. The molecule has 0 spiro atoms. The molecule has 2 N–H and O–H groups in total. The number of ether oxygens (including phenoxy) is 2. The first-order valence-electron chi connectivity index (χ1n) is 10.9. The van der Waals surface area contributed by atoms with Crippen molar-refractivity contribution in [2.24, 2.45) is 10.9 Å². The largest absolute Gasteiger partial charge is 0.493 e. The molecule has 0 bridgehead atoms. The highest BCUT2D eigenvalue weighted by atomic mass is 127. The van der Waals surface area contributed by atoms with E-state index >= 15 is 0 Å². The van der Waals surface area contributed by atoms with E-state index < -0.39 is 0 Å². The molecule has 0 aliphatic carbocycles. The molecule has 0 saturated heterocycles. The van der Waals surface area contributed by atoms with Crippen molar-refractivity contribution in [1.82, 2.24) is 20.2 Å². The Kier molecular flexibility index (Phi) is 13.0. The van der Waals surface area contributed by atoms with Gasteiger partial charge in [-0.1, -0.05) is 19.9 Å². The monoisotopic (exact) mass is 543 g/mol. The van der Waals surface area contributed by atoms with Crippen LogP contribution in [-0.4, -0.2) is 42.3 Å². The fourth-order valence-corrected chi connectivity index (χ4v) is 3.19. The molecule has 1 heterocycles. The van der Waals surface area contributed by atoms with Crippen LogP contribution in [0.25, 0.3) is 0 Å². The lowest BCUT2D eigenvalue weighted by atomic mass is 10.1. The van der Waals surface area contributed by atoms with Gasteiger partial charge in [-0.2, -0.15) is 0 Å². The lowest BCUT2D eigenvalue weighted by molar-refractivity contribution is 0.310. The summed E-state index contributed by atoms with van der Waals surface area (Å²) in [4.78, 5) is 9.16. The summed E-state index contributed by atoms with van der Waals surface area (Å²) in [6.45, 7) is 12.3. The third-order valence-electron chi connectivity index (χ3n) is 4.55. The van der Waals surface area contributed by atoms with Crippen LogP contribution in [0.15, 0.2) is 35.6 Å². The van der Waals surface area contributed by atoms with Gasteiger partial charge in [0.25, 0.3) is 0 Å². The predicted molar refractivity (Wildman–Crippen MR) is 138 cm³/mol. The number of nitrogens with one attached hydrogen (secondary N) is 2. The highest BCUT2D eigenvalue weighted by Crippen LogP contribution is 2.28. The molecule has 7 nitrogen and oxygen atoms in total. The Labute approximate surface area is 204 Å². The summed E-state index contributed by atoms with van der Waals surface area (Å²) < 4.78 is 13.2. The highest BCUT2D eigenvalue weighted by molar-refractivity contribution is 14.0. The zero-order valence-corrected chi connectivity index (χ0v) is 21.8. The average molecular weight is 543 g/mol. The molecule has 0 amide bonds. The van der Waals surface area contributed by atoms with Crippen molar-refractivity contribution in [3.63, 3.8) is 0 Å². The number of hydrogen-bond acceptors (Lipinski definition) is 4. The Balaban J connectivity index is 0.00000480. The van der Waals surface area contributed by atoms with E-state index in [-0.39, 0.29) is 24.0 Å². The van der Waals surface area contributed by atoms with Gasteiger partial charge in [-0.05, 0) is 50.3 Å². The zero-order chi connectivity index (χ0) is 21.8. The first-order chi connectivity index (χ1) is 14.6. The molecule has 1 aromatic heterocycles. The number of imidazole rings is 1. The van der Waals surface area contributed by atoms with Gasteiger partial charge in [-0.15, -0.1) is 24.0 Å². The smallest absolute Gasteiger partial charge is 0.191 e. The minimum Gasteiger partial charge on any atom is -0.493 e. The van der Waals surface area contributed by atoms with E-state index in [1.54, 1.807) is 7.11 Å². The van der Waals surface area contributed by atoms with E-state index in [2.05, 4.69) is 53.1 Å². The van der Waals surface area contributed by atoms with Crippen LogP contribution in [0, 0.1) is 5.92 Å². The van der Waals surface area contributed by atoms with Crippen molar-refractivity contribution in [2.75, 3.05) is 26.8 Å². The maximum absolute atomic E-state index is 5.67. The standard InChI is InChI=1S/C23H37N5O2.HI/c1-6-24-23(27-16-22-25-13-14-28(22)17-18(3)4)26-12-8-9-19-10-11-20(29-5)21(15-19)30-7-2;/h10-11,13-15,18H,6-9,12,16-17H2,1-5H3,(H2,24,26,27);1H. The molecule has 0 unspecified atom stereocenters. The third kappa shape index (κ3) is 9.37. The molecule has 0 radical (unpaired) electrons. The summed E-state index contributed by atoms with van der Waals surface area (Å²) in [6, 6.07) is 6.13. The summed E-state index contributed by atoms with van der Waals surface area (Å²) in [5, 5.41) is 6.73. The van der Waals surface area contributed by atoms with E-state index in [1.165, 1.54) is 5.56 Å². The number of guanidine groups is 1. The van der Waals surface area contributed by atoms with Gasteiger partial charge in [0.2, 0.25) is 0 Å².